The minimum atomic E-state index is -0.163. The summed E-state index contributed by atoms with van der Waals surface area (Å²) in [6.45, 7) is 3.11. The fourth-order valence-corrected chi connectivity index (χ4v) is 4.58. The van der Waals surface area contributed by atoms with Gasteiger partial charge in [-0.15, -0.1) is 11.3 Å². The van der Waals surface area contributed by atoms with E-state index in [9.17, 15) is 9.59 Å². The number of amides is 2. The quantitative estimate of drug-likeness (QED) is 0.570. The second-order valence-corrected chi connectivity index (χ2v) is 8.27. The highest BCUT2D eigenvalue weighted by atomic mass is 79.9. The summed E-state index contributed by atoms with van der Waals surface area (Å²) < 4.78 is 0.958. The van der Waals surface area contributed by atoms with E-state index in [1.54, 1.807) is 0 Å². The summed E-state index contributed by atoms with van der Waals surface area (Å²) >= 11 is 4.92. The van der Waals surface area contributed by atoms with Crippen molar-refractivity contribution in [3.63, 3.8) is 0 Å². The van der Waals surface area contributed by atoms with Crippen molar-refractivity contribution >= 4 is 49.8 Å². The Morgan fingerprint density at radius 1 is 1.15 bits per heavy atom. The van der Waals surface area contributed by atoms with Crippen LogP contribution in [0.3, 0.4) is 0 Å². The Bertz CT molecular complexity index is 802. The third-order valence-corrected chi connectivity index (χ3v) is 5.95. The molecule has 0 fully saturated rings. The highest BCUT2D eigenvalue weighted by molar-refractivity contribution is 9.10. The van der Waals surface area contributed by atoms with Crippen LogP contribution >= 0.6 is 27.3 Å². The van der Waals surface area contributed by atoms with E-state index in [0.717, 1.165) is 48.0 Å². The lowest BCUT2D eigenvalue weighted by atomic mass is 10.1. The van der Waals surface area contributed by atoms with Crippen LogP contribution in [0.15, 0.2) is 28.7 Å². The van der Waals surface area contributed by atoms with Crippen LogP contribution in [0.4, 0.5) is 10.7 Å². The van der Waals surface area contributed by atoms with E-state index in [4.69, 9.17) is 0 Å². The second-order valence-electron chi connectivity index (χ2n) is 6.25. The number of benzene rings is 1. The molecule has 5 nitrogen and oxygen atoms in total. The Morgan fingerprint density at radius 2 is 1.92 bits per heavy atom. The lowest BCUT2D eigenvalue weighted by Gasteiger charge is -2.10. The van der Waals surface area contributed by atoms with Crippen LogP contribution < -0.4 is 16.0 Å². The van der Waals surface area contributed by atoms with Crippen LogP contribution in [0.5, 0.6) is 0 Å². The van der Waals surface area contributed by atoms with E-state index in [1.165, 1.54) is 16.2 Å². The fraction of sp³-hybridized carbons (Fsp3) is 0.368. The van der Waals surface area contributed by atoms with Crippen molar-refractivity contribution in [3.8, 4) is 0 Å². The molecule has 2 aromatic rings. The smallest absolute Gasteiger partial charge is 0.258 e. The number of thiophene rings is 1. The van der Waals surface area contributed by atoms with Gasteiger partial charge in [-0.3, -0.25) is 9.59 Å². The highest BCUT2D eigenvalue weighted by Gasteiger charge is 2.27. The van der Waals surface area contributed by atoms with Gasteiger partial charge >= 0.3 is 0 Å². The van der Waals surface area contributed by atoms with Crippen molar-refractivity contribution in [2.45, 2.75) is 32.6 Å². The zero-order valence-corrected chi connectivity index (χ0v) is 17.1. The van der Waals surface area contributed by atoms with Crippen molar-refractivity contribution in [1.82, 2.24) is 5.32 Å². The second kappa shape index (κ2) is 8.79. The molecule has 0 atom stereocenters. The van der Waals surface area contributed by atoms with E-state index in [0.29, 0.717) is 10.6 Å². The Kier molecular flexibility index (Phi) is 6.45. The molecule has 0 aliphatic heterocycles. The Labute approximate surface area is 165 Å². The Balaban J connectivity index is 1.77. The molecule has 0 bridgehead atoms. The van der Waals surface area contributed by atoms with Crippen molar-refractivity contribution in [3.05, 3.63) is 44.7 Å². The molecule has 0 spiro atoms. The fourth-order valence-electron chi connectivity index (χ4n) is 3.01. The van der Waals surface area contributed by atoms with E-state index >= 15 is 0 Å². The van der Waals surface area contributed by atoms with Gasteiger partial charge in [0.25, 0.3) is 5.91 Å². The summed E-state index contributed by atoms with van der Waals surface area (Å²) in [7, 11) is 0. The summed E-state index contributed by atoms with van der Waals surface area (Å²) in [6, 6.07) is 7.47. The molecular formula is C19H22BrN3O2S. The van der Waals surface area contributed by atoms with Gasteiger partial charge in [0.1, 0.15) is 5.00 Å². The maximum atomic E-state index is 12.9. The van der Waals surface area contributed by atoms with E-state index in [1.807, 2.05) is 24.3 Å². The highest BCUT2D eigenvalue weighted by Crippen LogP contribution is 2.39. The molecule has 3 rings (SSSR count). The number of rotatable bonds is 7. The molecule has 1 aliphatic rings. The van der Waals surface area contributed by atoms with Crippen molar-refractivity contribution in [2.75, 3.05) is 23.7 Å². The van der Waals surface area contributed by atoms with Crippen molar-refractivity contribution < 1.29 is 9.59 Å². The number of hydrogen-bond donors (Lipinski definition) is 3. The number of anilines is 2. The van der Waals surface area contributed by atoms with Crippen LogP contribution in [0.25, 0.3) is 0 Å². The number of carbonyl (C=O) groups excluding carboxylic acids is 2. The zero-order valence-electron chi connectivity index (χ0n) is 14.7. The molecule has 0 unspecified atom stereocenters. The van der Waals surface area contributed by atoms with Gasteiger partial charge in [0.15, 0.2) is 0 Å². The summed E-state index contributed by atoms with van der Waals surface area (Å²) in [5, 5.41) is 9.62. The first-order chi connectivity index (χ1) is 12.6. The summed E-state index contributed by atoms with van der Waals surface area (Å²) in [5.74, 6) is -0.278. The summed E-state index contributed by atoms with van der Waals surface area (Å²) in [4.78, 5) is 26.3. The molecule has 0 saturated heterocycles. The van der Waals surface area contributed by atoms with E-state index < -0.39 is 0 Å². The first-order valence-electron chi connectivity index (χ1n) is 8.80. The zero-order chi connectivity index (χ0) is 18.5. The minimum Gasteiger partial charge on any atom is -0.322 e. The summed E-state index contributed by atoms with van der Waals surface area (Å²) in [5.41, 5.74) is 2.44. The Hall–Kier alpha value is -1.70. The van der Waals surface area contributed by atoms with Crippen molar-refractivity contribution in [2.24, 2.45) is 0 Å². The molecule has 138 valence electrons. The number of fused-ring (bicyclic) bond motifs is 1. The molecule has 26 heavy (non-hydrogen) atoms. The van der Waals surface area contributed by atoms with Crippen LogP contribution in [-0.4, -0.2) is 24.9 Å². The molecule has 1 aliphatic carbocycles. The first kappa shape index (κ1) is 19.1. The maximum Gasteiger partial charge on any atom is 0.258 e. The van der Waals surface area contributed by atoms with E-state index in [2.05, 4.69) is 38.8 Å². The molecule has 7 heteroatoms. The predicted molar refractivity (Wildman–Crippen MR) is 110 cm³/mol. The average Bonchev–Trinajstić information content (AvgIpc) is 3.17. The molecule has 0 saturated carbocycles. The van der Waals surface area contributed by atoms with Gasteiger partial charge < -0.3 is 16.0 Å². The predicted octanol–water partition coefficient (Wildman–Crippen LogP) is 4.19. The van der Waals surface area contributed by atoms with Crippen LogP contribution in [0.1, 0.15) is 40.6 Å². The lowest BCUT2D eigenvalue weighted by Crippen LogP contribution is -2.29. The largest absolute Gasteiger partial charge is 0.322 e. The molecule has 1 aromatic carbocycles. The minimum absolute atomic E-state index is 0.115. The standard InChI is InChI=1S/C19H22BrN3O2S/c1-2-10-21-11-16(24)23-19-17(14-4-3-5-15(14)26-19)18(25)22-13-8-6-12(20)7-9-13/h6-9,21H,2-5,10-11H2,1H3,(H,22,25)(H,23,24). The molecule has 1 heterocycles. The first-order valence-corrected chi connectivity index (χ1v) is 10.4. The molecule has 3 N–H and O–H groups in total. The number of hydrogen-bond acceptors (Lipinski definition) is 4. The number of nitrogens with one attached hydrogen (secondary N) is 3. The van der Waals surface area contributed by atoms with Gasteiger partial charge in [-0.1, -0.05) is 22.9 Å². The Morgan fingerprint density at radius 3 is 2.65 bits per heavy atom. The third-order valence-electron chi connectivity index (χ3n) is 4.22. The van der Waals surface area contributed by atoms with Crippen LogP contribution in [0.2, 0.25) is 0 Å². The maximum absolute atomic E-state index is 12.9. The average molecular weight is 436 g/mol. The number of aryl methyl sites for hydroxylation is 1. The molecule has 1 aromatic heterocycles. The van der Waals surface area contributed by atoms with Gasteiger partial charge in [0.05, 0.1) is 12.1 Å². The van der Waals surface area contributed by atoms with Crippen molar-refractivity contribution in [1.29, 1.82) is 0 Å². The number of halogens is 1. The monoisotopic (exact) mass is 435 g/mol. The van der Waals surface area contributed by atoms with Gasteiger partial charge in [0.2, 0.25) is 5.91 Å². The normalized spacial score (nSPS) is 12.7. The molecular weight excluding hydrogens is 414 g/mol. The molecule has 2 amide bonds. The third kappa shape index (κ3) is 4.52. The van der Waals surface area contributed by atoms with Gasteiger partial charge in [-0.25, -0.2) is 0 Å². The van der Waals surface area contributed by atoms with Crippen LogP contribution in [0, 0.1) is 0 Å². The van der Waals surface area contributed by atoms with Gasteiger partial charge in [0, 0.05) is 15.0 Å². The number of carbonyl (C=O) groups is 2. The van der Waals surface area contributed by atoms with Gasteiger partial charge in [-0.2, -0.15) is 0 Å². The van der Waals surface area contributed by atoms with E-state index in [-0.39, 0.29) is 18.4 Å². The topological polar surface area (TPSA) is 70.2 Å². The van der Waals surface area contributed by atoms with Crippen LogP contribution in [-0.2, 0) is 17.6 Å². The SMILES string of the molecule is CCCNCC(=O)Nc1sc2c(c1C(=O)Nc1ccc(Br)cc1)CCC2. The van der Waals surface area contributed by atoms with Gasteiger partial charge in [-0.05, 0) is 62.1 Å². The summed E-state index contributed by atoms with van der Waals surface area (Å²) in [6.07, 6.45) is 3.90. The lowest BCUT2D eigenvalue weighted by molar-refractivity contribution is -0.115. The molecule has 0 radical (unpaired) electrons.